The smallest absolute Gasteiger partial charge is 0.241 e. The number of aryl methyl sites for hydroxylation is 1. The minimum Gasteiger partial charge on any atom is -0.347 e. The first-order chi connectivity index (χ1) is 8.99. The fourth-order valence-electron chi connectivity index (χ4n) is 1.82. The van der Waals surface area contributed by atoms with Crippen molar-refractivity contribution in [3.8, 4) is 0 Å². The number of likely N-dealkylation sites (N-methyl/N-ethyl adjacent to an activating group) is 1. The van der Waals surface area contributed by atoms with Crippen molar-refractivity contribution >= 4 is 18.0 Å². The lowest BCUT2D eigenvalue weighted by Gasteiger charge is -2.25. The summed E-state index contributed by atoms with van der Waals surface area (Å²) in [4.78, 5) is 30.4. The minimum absolute atomic E-state index is 0.0362. The third-order valence-electron chi connectivity index (χ3n) is 2.83. The van der Waals surface area contributed by atoms with E-state index in [2.05, 4.69) is 11.9 Å². The number of amides is 1. The van der Waals surface area contributed by atoms with Gasteiger partial charge in [-0.05, 0) is 25.0 Å². The Morgan fingerprint density at radius 2 is 2.11 bits per heavy atom. The molecule has 1 aromatic heterocycles. The average Bonchev–Trinajstić information content (AvgIpc) is 2.37. The van der Waals surface area contributed by atoms with E-state index in [4.69, 9.17) is 0 Å². The molecule has 0 aliphatic rings. The molecule has 0 aromatic carbocycles. The summed E-state index contributed by atoms with van der Waals surface area (Å²) in [6.45, 7) is 5.02. The van der Waals surface area contributed by atoms with Gasteiger partial charge >= 0.3 is 0 Å². The molecule has 1 heterocycles. The van der Waals surface area contributed by atoms with Crippen molar-refractivity contribution < 1.29 is 9.59 Å². The van der Waals surface area contributed by atoms with Crippen molar-refractivity contribution in [2.75, 3.05) is 32.1 Å². The van der Waals surface area contributed by atoms with Gasteiger partial charge in [0.05, 0.1) is 6.54 Å². The van der Waals surface area contributed by atoms with Crippen molar-refractivity contribution in [2.45, 2.75) is 20.3 Å². The number of aromatic nitrogens is 1. The molecule has 0 aliphatic carbocycles. The van der Waals surface area contributed by atoms with Gasteiger partial charge in [-0.1, -0.05) is 6.92 Å². The number of rotatable bonds is 6. The zero-order chi connectivity index (χ0) is 14.4. The van der Waals surface area contributed by atoms with Gasteiger partial charge in [0.25, 0.3) is 0 Å². The Kier molecular flexibility index (Phi) is 5.48. The summed E-state index contributed by atoms with van der Waals surface area (Å²) in [5.41, 5.74) is 1.46. The number of hydrogen-bond acceptors (Lipinski definition) is 4. The Labute approximate surface area is 114 Å². The predicted octanol–water partition coefficient (Wildman–Crippen LogP) is 1.51. The standard InChI is InChI=1S/C14H21N3O2/c1-5-6-17(9-13(19)16(3)4)14-11(2)7-12(10-18)8-15-14/h7-8,10H,5-6,9H2,1-4H3. The number of nitrogens with zero attached hydrogens (tertiary/aromatic N) is 3. The molecule has 1 amide bonds. The van der Waals surface area contributed by atoms with Crippen molar-refractivity contribution in [2.24, 2.45) is 0 Å². The number of carbonyl (C=O) groups excluding carboxylic acids is 2. The molecule has 0 aliphatic heterocycles. The number of pyridine rings is 1. The van der Waals surface area contributed by atoms with Crippen LogP contribution in [0.25, 0.3) is 0 Å². The van der Waals surface area contributed by atoms with Gasteiger partial charge in [0.15, 0.2) is 6.29 Å². The Morgan fingerprint density at radius 1 is 1.42 bits per heavy atom. The van der Waals surface area contributed by atoms with E-state index in [9.17, 15) is 9.59 Å². The highest BCUT2D eigenvalue weighted by Crippen LogP contribution is 2.17. The van der Waals surface area contributed by atoms with Gasteiger partial charge in [-0.2, -0.15) is 0 Å². The minimum atomic E-state index is 0.0362. The maximum atomic E-state index is 11.8. The summed E-state index contributed by atoms with van der Waals surface area (Å²) in [6, 6.07) is 1.79. The fourth-order valence-corrected chi connectivity index (χ4v) is 1.82. The van der Waals surface area contributed by atoms with E-state index >= 15 is 0 Å². The molecule has 0 atom stereocenters. The Hall–Kier alpha value is -1.91. The summed E-state index contributed by atoms with van der Waals surface area (Å²) < 4.78 is 0. The maximum Gasteiger partial charge on any atom is 0.241 e. The van der Waals surface area contributed by atoms with Crippen LogP contribution < -0.4 is 4.90 Å². The molecule has 5 nitrogen and oxygen atoms in total. The van der Waals surface area contributed by atoms with E-state index in [-0.39, 0.29) is 5.91 Å². The van der Waals surface area contributed by atoms with Crippen LogP contribution in [0.5, 0.6) is 0 Å². The first-order valence-electron chi connectivity index (χ1n) is 6.36. The van der Waals surface area contributed by atoms with Crippen LogP contribution >= 0.6 is 0 Å². The van der Waals surface area contributed by atoms with E-state index < -0.39 is 0 Å². The van der Waals surface area contributed by atoms with Gasteiger partial charge in [-0.3, -0.25) is 9.59 Å². The lowest BCUT2D eigenvalue weighted by molar-refractivity contribution is -0.127. The summed E-state index contributed by atoms with van der Waals surface area (Å²) in [5, 5.41) is 0. The lowest BCUT2D eigenvalue weighted by atomic mass is 10.2. The van der Waals surface area contributed by atoms with Crippen LogP contribution in [0.15, 0.2) is 12.3 Å². The van der Waals surface area contributed by atoms with Gasteiger partial charge in [-0.25, -0.2) is 4.98 Å². The number of carbonyl (C=O) groups is 2. The Morgan fingerprint density at radius 3 is 2.58 bits per heavy atom. The Bertz CT molecular complexity index is 458. The highest BCUT2D eigenvalue weighted by molar-refractivity contribution is 5.81. The Balaban J connectivity index is 2.98. The van der Waals surface area contributed by atoms with Crippen LogP contribution in [0.2, 0.25) is 0 Å². The van der Waals surface area contributed by atoms with Gasteiger partial charge in [0.1, 0.15) is 5.82 Å². The number of anilines is 1. The van der Waals surface area contributed by atoms with Gasteiger partial charge in [0.2, 0.25) is 5.91 Å². The van der Waals surface area contributed by atoms with Crippen LogP contribution in [0.3, 0.4) is 0 Å². The normalized spacial score (nSPS) is 10.1. The van der Waals surface area contributed by atoms with Crippen LogP contribution in [0.4, 0.5) is 5.82 Å². The zero-order valence-electron chi connectivity index (χ0n) is 12.0. The maximum absolute atomic E-state index is 11.8. The molecular formula is C14H21N3O2. The average molecular weight is 263 g/mol. The molecule has 0 N–H and O–H groups in total. The van der Waals surface area contributed by atoms with Crippen molar-refractivity contribution in [3.05, 3.63) is 23.4 Å². The zero-order valence-corrected chi connectivity index (χ0v) is 12.0. The van der Waals surface area contributed by atoms with Crippen LogP contribution in [-0.2, 0) is 4.79 Å². The van der Waals surface area contributed by atoms with Crippen LogP contribution in [0, 0.1) is 6.92 Å². The van der Waals surface area contributed by atoms with Crippen molar-refractivity contribution in [3.63, 3.8) is 0 Å². The molecule has 0 saturated heterocycles. The molecule has 5 heteroatoms. The molecule has 1 rings (SSSR count). The monoisotopic (exact) mass is 263 g/mol. The second-order valence-corrected chi connectivity index (χ2v) is 4.74. The van der Waals surface area contributed by atoms with E-state index in [1.165, 1.54) is 6.20 Å². The van der Waals surface area contributed by atoms with Gasteiger partial charge in [0, 0.05) is 32.4 Å². The van der Waals surface area contributed by atoms with E-state index in [0.717, 1.165) is 30.6 Å². The number of hydrogen-bond donors (Lipinski definition) is 0. The highest BCUT2D eigenvalue weighted by atomic mass is 16.2. The SMILES string of the molecule is CCCN(CC(=O)N(C)C)c1ncc(C=O)cc1C. The molecule has 0 fully saturated rings. The summed E-state index contributed by atoms with van der Waals surface area (Å²) in [5.74, 6) is 0.803. The molecule has 0 radical (unpaired) electrons. The van der Waals surface area contributed by atoms with Crippen molar-refractivity contribution in [1.82, 2.24) is 9.88 Å². The van der Waals surface area contributed by atoms with Gasteiger partial charge < -0.3 is 9.80 Å². The lowest BCUT2D eigenvalue weighted by Crippen LogP contribution is -2.37. The van der Waals surface area contributed by atoms with Crippen LogP contribution in [-0.4, -0.2) is 49.3 Å². The first-order valence-corrected chi connectivity index (χ1v) is 6.36. The molecule has 1 aromatic rings. The molecule has 0 saturated carbocycles. The largest absolute Gasteiger partial charge is 0.347 e. The highest BCUT2D eigenvalue weighted by Gasteiger charge is 2.15. The van der Waals surface area contributed by atoms with E-state index in [1.54, 1.807) is 25.1 Å². The van der Waals surface area contributed by atoms with E-state index in [0.29, 0.717) is 12.1 Å². The second kappa shape index (κ2) is 6.87. The van der Waals surface area contributed by atoms with E-state index in [1.807, 2.05) is 11.8 Å². The molecule has 104 valence electrons. The van der Waals surface area contributed by atoms with Gasteiger partial charge in [-0.15, -0.1) is 0 Å². The molecule has 19 heavy (non-hydrogen) atoms. The molecule has 0 unspecified atom stereocenters. The molecule has 0 bridgehead atoms. The summed E-state index contributed by atoms with van der Waals surface area (Å²) >= 11 is 0. The second-order valence-electron chi connectivity index (χ2n) is 4.74. The molecule has 0 spiro atoms. The third-order valence-corrected chi connectivity index (χ3v) is 2.83. The number of aldehydes is 1. The topological polar surface area (TPSA) is 53.5 Å². The third kappa shape index (κ3) is 4.05. The molecular weight excluding hydrogens is 242 g/mol. The summed E-state index contributed by atoms with van der Waals surface area (Å²) in [7, 11) is 3.48. The summed E-state index contributed by atoms with van der Waals surface area (Å²) in [6.07, 6.45) is 3.24. The van der Waals surface area contributed by atoms with Crippen molar-refractivity contribution in [1.29, 1.82) is 0 Å². The quantitative estimate of drug-likeness (QED) is 0.730. The fraction of sp³-hybridized carbons (Fsp3) is 0.500. The van der Waals surface area contributed by atoms with Crippen LogP contribution in [0.1, 0.15) is 29.3 Å². The first kappa shape index (κ1) is 15.1. The predicted molar refractivity (Wildman–Crippen MR) is 75.6 cm³/mol.